The highest BCUT2D eigenvalue weighted by Crippen LogP contribution is 2.08. The highest BCUT2D eigenvalue weighted by atomic mass is 35.5. The zero-order valence-electron chi connectivity index (χ0n) is 7.20. The van der Waals surface area contributed by atoms with E-state index in [1.165, 1.54) is 12.1 Å². The van der Waals surface area contributed by atoms with E-state index < -0.39 is 5.97 Å². The van der Waals surface area contributed by atoms with Gasteiger partial charge in [-0.05, 0) is 31.2 Å². The quantitative estimate of drug-likeness (QED) is 0.733. The summed E-state index contributed by atoms with van der Waals surface area (Å²) in [6, 6.07) is 6.02. The first-order valence-corrected chi connectivity index (χ1v) is 4.09. The van der Waals surface area contributed by atoms with Crippen LogP contribution in [-0.2, 0) is 0 Å². The molecule has 0 radical (unpaired) electrons. The molecule has 72 valence electrons. The first kappa shape index (κ1) is 11.9. The summed E-state index contributed by atoms with van der Waals surface area (Å²) in [5, 5.41) is 16.5. The second-order valence-corrected chi connectivity index (χ2v) is 2.56. The molecule has 1 rings (SSSR count). The van der Waals surface area contributed by atoms with Crippen LogP contribution < -0.4 is 0 Å². The van der Waals surface area contributed by atoms with Crippen LogP contribution >= 0.6 is 11.6 Å². The Bertz CT molecular complexity index is 256. The number of carboxylic acids is 1. The molecule has 1 aromatic carbocycles. The molecular formula is C9H11ClO3. The molecular weight excluding hydrogens is 192 g/mol. The van der Waals surface area contributed by atoms with Gasteiger partial charge < -0.3 is 10.2 Å². The number of halogens is 1. The summed E-state index contributed by atoms with van der Waals surface area (Å²) in [5.41, 5.74) is 0.254. The van der Waals surface area contributed by atoms with E-state index in [0.717, 1.165) is 0 Å². The molecule has 4 heteroatoms. The van der Waals surface area contributed by atoms with Crippen LogP contribution in [0.5, 0.6) is 0 Å². The predicted octanol–water partition coefficient (Wildman–Crippen LogP) is 2.04. The Hall–Kier alpha value is -1.06. The molecule has 0 aromatic heterocycles. The summed E-state index contributed by atoms with van der Waals surface area (Å²) in [5.74, 6) is -0.934. The molecule has 0 saturated heterocycles. The lowest BCUT2D eigenvalue weighted by molar-refractivity contribution is 0.0697. The smallest absolute Gasteiger partial charge is 0.335 e. The van der Waals surface area contributed by atoms with Gasteiger partial charge in [0.05, 0.1) is 5.56 Å². The number of carboxylic acid groups (broad SMARTS) is 1. The van der Waals surface area contributed by atoms with Crippen LogP contribution in [0.15, 0.2) is 24.3 Å². The van der Waals surface area contributed by atoms with E-state index in [1.54, 1.807) is 19.1 Å². The summed E-state index contributed by atoms with van der Waals surface area (Å²) < 4.78 is 0. The summed E-state index contributed by atoms with van der Waals surface area (Å²) >= 11 is 5.52. The Morgan fingerprint density at radius 3 is 2.08 bits per heavy atom. The lowest BCUT2D eigenvalue weighted by Gasteiger charge is -1.91. The van der Waals surface area contributed by atoms with Crippen LogP contribution in [0.2, 0.25) is 5.02 Å². The van der Waals surface area contributed by atoms with Gasteiger partial charge in [-0.1, -0.05) is 11.6 Å². The van der Waals surface area contributed by atoms with Crippen molar-refractivity contribution >= 4 is 17.6 Å². The van der Waals surface area contributed by atoms with Crippen molar-refractivity contribution in [1.82, 2.24) is 0 Å². The first-order chi connectivity index (χ1) is 6.11. The number of hydrogen-bond donors (Lipinski definition) is 2. The summed E-state index contributed by atoms with van der Waals surface area (Å²) in [6.45, 7) is 1.93. The highest BCUT2D eigenvalue weighted by Gasteiger charge is 1.99. The maximum absolute atomic E-state index is 10.3. The molecule has 0 spiro atoms. The largest absolute Gasteiger partial charge is 0.478 e. The van der Waals surface area contributed by atoms with Crippen LogP contribution in [0.1, 0.15) is 17.3 Å². The number of aromatic carboxylic acids is 1. The maximum Gasteiger partial charge on any atom is 0.335 e. The third-order valence-corrected chi connectivity index (χ3v) is 1.34. The van der Waals surface area contributed by atoms with Crippen molar-refractivity contribution in [3.05, 3.63) is 34.9 Å². The van der Waals surface area contributed by atoms with Gasteiger partial charge in [-0.3, -0.25) is 0 Å². The number of aliphatic hydroxyl groups is 1. The molecule has 13 heavy (non-hydrogen) atoms. The van der Waals surface area contributed by atoms with Crippen molar-refractivity contribution in [2.24, 2.45) is 0 Å². The minimum Gasteiger partial charge on any atom is -0.478 e. The molecule has 3 nitrogen and oxygen atoms in total. The van der Waals surface area contributed by atoms with Crippen molar-refractivity contribution in [3.8, 4) is 0 Å². The van der Waals surface area contributed by atoms with Gasteiger partial charge in [-0.2, -0.15) is 0 Å². The summed E-state index contributed by atoms with van der Waals surface area (Å²) in [7, 11) is 0. The molecule has 2 N–H and O–H groups in total. The van der Waals surface area contributed by atoms with Gasteiger partial charge in [-0.15, -0.1) is 0 Å². The molecule has 0 amide bonds. The van der Waals surface area contributed by atoms with E-state index in [1.807, 2.05) is 0 Å². The maximum atomic E-state index is 10.3. The average Bonchev–Trinajstić information content (AvgIpc) is 2.06. The number of carbonyl (C=O) groups is 1. The van der Waals surface area contributed by atoms with Crippen molar-refractivity contribution in [2.45, 2.75) is 6.92 Å². The second-order valence-electron chi connectivity index (χ2n) is 2.13. The van der Waals surface area contributed by atoms with E-state index >= 15 is 0 Å². The van der Waals surface area contributed by atoms with Crippen LogP contribution in [0.4, 0.5) is 0 Å². The number of aliphatic hydroxyl groups excluding tert-OH is 1. The van der Waals surface area contributed by atoms with Gasteiger partial charge in [0.1, 0.15) is 0 Å². The Kier molecular flexibility index (Phi) is 5.93. The number of benzene rings is 1. The molecule has 0 fully saturated rings. The molecule has 0 aliphatic rings. The molecule has 0 saturated carbocycles. The van der Waals surface area contributed by atoms with E-state index in [9.17, 15) is 4.79 Å². The van der Waals surface area contributed by atoms with E-state index in [4.69, 9.17) is 21.8 Å². The fourth-order valence-electron chi connectivity index (χ4n) is 0.592. The van der Waals surface area contributed by atoms with Crippen molar-refractivity contribution in [2.75, 3.05) is 6.61 Å². The van der Waals surface area contributed by atoms with Gasteiger partial charge in [-0.25, -0.2) is 4.79 Å². The normalized spacial score (nSPS) is 8.54. The minimum atomic E-state index is -0.934. The van der Waals surface area contributed by atoms with Gasteiger partial charge >= 0.3 is 5.97 Å². The molecule has 0 aliphatic carbocycles. The monoisotopic (exact) mass is 202 g/mol. The first-order valence-electron chi connectivity index (χ1n) is 3.71. The van der Waals surface area contributed by atoms with E-state index in [0.29, 0.717) is 5.02 Å². The fourth-order valence-corrected chi connectivity index (χ4v) is 0.718. The van der Waals surface area contributed by atoms with Crippen LogP contribution in [0, 0.1) is 0 Å². The molecule has 0 unspecified atom stereocenters. The zero-order chi connectivity index (χ0) is 10.3. The molecule has 1 aromatic rings. The topological polar surface area (TPSA) is 57.5 Å². The average molecular weight is 203 g/mol. The second kappa shape index (κ2) is 6.46. The SMILES string of the molecule is CCO.O=C(O)c1ccc(Cl)cc1. The Balaban J connectivity index is 0.000000424. The summed E-state index contributed by atoms with van der Waals surface area (Å²) in [6.07, 6.45) is 0. The third kappa shape index (κ3) is 5.22. The van der Waals surface area contributed by atoms with Crippen LogP contribution in [0.25, 0.3) is 0 Å². The lowest BCUT2D eigenvalue weighted by Crippen LogP contribution is -1.94. The van der Waals surface area contributed by atoms with E-state index in [-0.39, 0.29) is 12.2 Å². The molecule has 0 atom stereocenters. The van der Waals surface area contributed by atoms with Crippen LogP contribution in [-0.4, -0.2) is 22.8 Å². The molecule has 0 bridgehead atoms. The fraction of sp³-hybridized carbons (Fsp3) is 0.222. The van der Waals surface area contributed by atoms with Gasteiger partial charge in [0.25, 0.3) is 0 Å². The third-order valence-electron chi connectivity index (χ3n) is 1.09. The molecule has 0 aliphatic heterocycles. The van der Waals surface area contributed by atoms with Crippen molar-refractivity contribution in [1.29, 1.82) is 0 Å². The summed E-state index contributed by atoms with van der Waals surface area (Å²) in [4.78, 5) is 10.3. The minimum absolute atomic E-state index is 0.250. The standard InChI is InChI=1S/C7H5ClO2.C2H6O/c8-6-3-1-5(2-4-6)7(9)10;1-2-3/h1-4H,(H,9,10);3H,2H2,1H3. The highest BCUT2D eigenvalue weighted by molar-refractivity contribution is 6.30. The Morgan fingerprint density at radius 1 is 1.38 bits per heavy atom. The Labute approximate surface area is 81.6 Å². The zero-order valence-corrected chi connectivity index (χ0v) is 7.95. The van der Waals surface area contributed by atoms with Crippen LogP contribution in [0.3, 0.4) is 0 Å². The predicted molar refractivity (Wildman–Crippen MR) is 51.2 cm³/mol. The van der Waals surface area contributed by atoms with Gasteiger partial charge in [0, 0.05) is 11.6 Å². The lowest BCUT2D eigenvalue weighted by atomic mass is 10.2. The van der Waals surface area contributed by atoms with Gasteiger partial charge in [0.15, 0.2) is 0 Å². The number of rotatable bonds is 1. The van der Waals surface area contributed by atoms with Gasteiger partial charge in [0.2, 0.25) is 0 Å². The molecule has 0 heterocycles. The number of hydrogen-bond acceptors (Lipinski definition) is 2. The van der Waals surface area contributed by atoms with Crippen molar-refractivity contribution in [3.63, 3.8) is 0 Å². The van der Waals surface area contributed by atoms with Crippen molar-refractivity contribution < 1.29 is 15.0 Å². The van der Waals surface area contributed by atoms with E-state index in [2.05, 4.69) is 0 Å². The Morgan fingerprint density at radius 2 is 1.77 bits per heavy atom.